The number of aliphatic hydroxyl groups excluding tert-OH is 2. The van der Waals surface area contributed by atoms with Crippen LogP contribution in [0.5, 0.6) is 0 Å². The van der Waals surface area contributed by atoms with E-state index < -0.39 is 30.7 Å². The van der Waals surface area contributed by atoms with E-state index in [9.17, 15) is 19.8 Å². The number of esters is 2. The van der Waals surface area contributed by atoms with Crippen molar-refractivity contribution in [2.24, 2.45) is 0 Å². The summed E-state index contributed by atoms with van der Waals surface area (Å²) in [5.74, 6) is -0.707. The molecule has 1 aliphatic rings. The van der Waals surface area contributed by atoms with Gasteiger partial charge < -0.3 is 48.1 Å². The zero-order valence-corrected chi connectivity index (χ0v) is 40.3. The zero-order chi connectivity index (χ0) is 45.7. The normalized spacial score (nSPS) is 19.1. The van der Waals surface area contributed by atoms with Gasteiger partial charge in [-0.1, -0.05) is 141 Å². The minimum Gasteiger partial charge on any atom is -0.463 e. The number of rotatable bonds is 46. The van der Waals surface area contributed by atoms with Gasteiger partial charge in [0.25, 0.3) is 0 Å². The van der Waals surface area contributed by atoms with E-state index >= 15 is 0 Å². The molecule has 1 rings (SSSR count). The fourth-order valence-corrected chi connectivity index (χ4v) is 7.68. The number of carbonyl (C=O) groups excluding carboxylic acids is 2. The SMILES string of the molecule is CCCCCCCC/C=C\CCCCCCCC(=O)OCC1OC(OC)C(OC(=O)CCCCCCC/C=C\CCCCCCCC)C(OCCOCCO)C1OCCOCCO. The molecule has 370 valence electrons. The first-order chi connectivity index (χ1) is 31.0. The number of aliphatic hydroxyl groups is 2. The van der Waals surface area contributed by atoms with Crippen molar-refractivity contribution >= 4 is 11.9 Å². The van der Waals surface area contributed by atoms with E-state index in [1.54, 1.807) is 0 Å². The van der Waals surface area contributed by atoms with E-state index in [0.717, 1.165) is 70.6 Å². The molecule has 0 bridgehead atoms. The summed E-state index contributed by atoms with van der Waals surface area (Å²) in [7, 11) is 1.47. The number of hydrogen-bond donors (Lipinski definition) is 2. The van der Waals surface area contributed by atoms with Crippen molar-refractivity contribution in [1.82, 2.24) is 0 Å². The van der Waals surface area contributed by atoms with E-state index in [1.807, 2.05) is 0 Å². The summed E-state index contributed by atoms with van der Waals surface area (Å²) in [4.78, 5) is 26.2. The van der Waals surface area contributed by atoms with Gasteiger partial charge in [-0.2, -0.15) is 0 Å². The van der Waals surface area contributed by atoms with Gasteiger partial charge in [0.1, 0.15) is 24.9 Å². The van der Waals surface area contributed by atoms with Crippen LogP contribution in [0.4, 0.5) is 0 Å². The maximum Gasteiger partial charge on any atom is 0.306 e. The summed E-state index contributed by atoms with van der Waals surface area (Å²) in [5, 5.41) is 18.4. The number of unbranched alkanes of at least 4 members (excludes halogenated alkanes) is 22. The molecule has 0 aromatic heterocycles. The van der Waals surface area contributed by atoms with Crippen LogP contribution in [0, 0.1) is 0 Å². The van der Waals surface area contributed by atoms with Crippen molar-refractivity contribution in [3.8, 4) is 0 Å². The number of methoxy groups -OCH3 is 1. The monoisotopic (exact) mass is 899 g/mol. The molecule has 0 aromatic rings. The average Bonchev–Trinajstić information content (AvgIpc) is 3.28. The molecule has 0 amide bonds. The lowest BCUT2D eigenvalue weighted by Gasteiger charge is -2.44. The number of carbonyl (C=O) groups is 2. The van der Waals surface area contributed by atoms with Gasteiger partial charge in [-0.25, -0.2) is 0 Å². The van der Waals surface area contributed by atoms with E-state index in [-0.39, 0.29) is 77.8 Å². The Kier molecular flexibility index (Phi) is 42.5. The molecule has 2 N–H and O–H groups in total. The minimum absolute atomic E-state index is 0.109. The van der Waals surface area contributed by atoms with Gasteiger partial charge in [0.05, 0.1) is 52.9 Å². The second kappa shape index (κ2) is 45.3. The summed E-state index contributed by atoms with van der Waals surface area (Å²) in [6.07, 6.45) is 35.9. The highest BCUT2D eigenvalue weighted by atomic mass is 16.7. The van der Waals surface area contributed by atoms with Crippen molar-refractivity contribution in [2.45, 2.75) is 224 Å². The average molecular weight is 899 g/mol. The summed E-state index contributed by atoms with van der Waals surface area (Å²) >= 11 is 0. The molecule has 63 heavy (non-hydrogen) atoms. The highest BCUT2D eigenvalue weighted by Gasteiger charge is 2.50. The first-order valence-corrected chi connectivity index (χ1v) is 25.5. The van der Waals surface area contributed by atoms with Gasteiger partial charge in [0, 0.05) is 20.0 Å². The van der Waals surface area contributed by atoms with E-state index in [1.165, 1.54) is 97.0 Å². The van der Waals surface area contributed by atoms with Crippen LogP contribution in [0.1, 0.15) is 194 Å². The summed E-state index contributed by atoms with van der Waals surface area (Å²) in [6, 6.07) is 0. The van der Waals surface area contributed by atoms with Gasteiger partial charge in [-0.3, -0.25) is 9.59 Å². The smallest absolute Gasteiger partial charge is 0.306 e. The molecule has 1 aliphatic heterocycles. The standard InChI is InChI=1S/C51H94O12/c1-4-6-8-10-12-14-16-18-20-22-24-26-28-30-32-34-46(54)61-44-45-48(59-42-40-57-38-36-52)49(60-43-41-58-39-37-53)50(51(56-3)62-45)63-47(55)35-33-31-29-27-25-23-21-19-17-15-13-11-9-7-5-2/h18-21,45,48-53H,4-17,22-44H2,1-3H3/b20-18-,21-19-. The maximum atomic E-state index is 13.3. The van der Waals surface area contributed by atoms with Gasteiger partial charge in [0.15, 0.2) is 12.4 Å². The molecule has 0 spiro atoms. The highest BCUT2D eigenvalue weighted by Crippen LogP contribution is 2.30. The second-order valence-electron chi connectivity index (χ2n) is 16.9. The van der Waals surface area contributed by atoms with Crippen molar-refractivity contribution in [1.29, 1.82) is 0 Å². The van der Waals surface area contributed by atoms with E-state index in [2.05, 4.69) is 38.2 Å². The summed E-state index contributed by atoms with van der Waals surface area (Å²) in [6.45, 7) is 5.09. The molecular formula is C51H94O12. The first-order valence-electron chi connectivity index (χ1n) is 25.5. The second-order valence-corrected chi connectivity index (χ2v) is 16.9. The van der Waals surface area contributed by atoms with Gasteiger partial charge in [-0.15, -0.1) is 0 Å². The maximum absolute atomic E-state index is 13.3. The lowest BCUT2D eigenvalue weighted by molar-refractivity contribution is -0.313. The molecule has 0 radical (unpaired) electrons. The summed E-state index contributed by atoms with van der Waals surface area (Å²) in [5.41, 5.74) is 0. The lowest BCUT2D eigenvalue weighted by Crippen LogP contribution is -2.62. The molecule has 0 aliphatic carbocycles. The summed E-state index contributed by atoms with van der Waals surface area (Å²) < 4.78 is 47.2. The van der Waals surface area contributed by atoms with Gasteiger partial charge in [-0.05, 0) is 64.2 Å². The first kappa shape index (κ1) is 59.1. The van der Waals surface area contributed by atoms with E-state index in [4.69, 9.17) is 37.9 Å². The molecule has 1 heterocycles. The fourth-order valence-electron chi connectivity index (χ4n) is 7.68. The van der Waals surface area contributed by atoms with Crippen molar-refractivity contribution < 1.29 is 57.7 Å². The third-order valence-corrected chi connectivity index (χ3v) is 11.3. The Morgan fingerprint density at radius 1 is 0.492 bits per heavy atom. The highest BCUT2D eigenvalue weighted by molar-refractivity contribution is 5.70. The zero-order valence-electron chi connectivity index (χ0n) is 40.3. The van der Waals surface area contributed by atoms with Gasteiger partial charge in [0.2, 0.25) is 0 Å². The Bertz CT molecular complexity index is 1070. The lowest BCUT2D eigenvalue weighted by atomic mass is 9.98. The fraction of sp³-hybridized carbons (Fsp3) is 0.882. The largest absolute Gasteiger partial charge is 0.463 e. The molecule has 1 fully saturated rings. The van der Waals surface area contributed by atoms with Crippen LogP contribution in [0.15, 0.2) is 24.3 Å². The molecule has 5 unspecified atom stereocenters. The van der Waals surface area contributed by atoms with Crippen molar-refractivity contribution in [3.05, 3.63) is 24.3 Å². The topological polar surface area (TPSA) is 148 Å². The van der Waals surface area contributed by atoms with Crippen LogP contribution in [-0.4, -0.2) is 119 Å². The van der Waals surface area contributed by atoms with Crippen LogP contribution in [0.3, 0.4) is 0 Å². The van der Waals surface area contributed by atoms with Gasteiger partial charge >= 0.3 is 11.9 Å². The van der Waals surface area contributed by atoms with E-state index in [0.29, 0.717) is 12.8 Å². The van der Waals surface area contributed by atoms with Crippen LogP contribution in [-0.2, 0) is 47.5 Å². The quantitative estimate of drug-likeness (QED) is 0.0340. The predicted molar refractivity (Wildman–Crippen MR) is 251 cm³/mol. The van der Waals surface area contributed by atoms with Crippen LogP contribution < -0.4 is 0 Å². The van der Waals surface area contributed by atoms with Crippen molar-refractivity contribution in [3.63, 3.8) is 0 Å². The molecule has 5 atom stereocenters. The van der Waals surface area contributed by atoms with Crippen LogP contribution >= 0.6 is 0 Å². The molecule has 1 saturated heterocycles. The van der Waals surface area contributed by atoms with Crippen LogP contribution in [0.25, 0.3) is 0 Å². The molecule has 12 heteroatoms. The Morgan fingerprint density at radius 2 is 0.905 bits per heavy atom. The number of hydrogen-bond acceptors (Lipinski definition) is 12. The number of ether oxygens (including phenoxy) is 8. The molecular weight excluding hydrogens is 805 g/mol. The third-order valence-electron chi connectivity index (χ3n) is 11.3. The Balaban J connectivity index is 2.65. The van der Waals surface area contributed by atoms with Crippen molar-refractivity contribution in [2.75, 3.05) is 66.6 Å². The van der Waals surface area contributed by atoms with Crippen LogP contribution in [0.2, 0.25) is 0 Å². The molecule has 0 aromatic carbocycles. The third kappa shape index (κ3) is 34.1. The minimum atomic E-state index is -1.01. The Labute approximate surface area is 383 Å². The Hall–Kier alpha value is -1.90. The predicted octanol–water partition coefficient (Wildman–Crippen LogP) is 10.7. The molecule has 0 saturated carbocycles. The molecule has 12 nitrogen and oxygen atoms in total. The Morgan fingerprint density at radius 3 is 1.35 bits per heavy atom. The number of allylic oxidation sites excluding steroid dienone is 4.